The van der Waals surface area contributed by atoms with E-state index in [0.29, 0.717) is 18.2 Å². The number of fused-ring (bicyclic) bond motifs is 1. The van der Waals surface area contributed by atoms with Gasteiger partial charge in [-0.1, -0.05) is 30.4 Å². The van der Waals surface area contributed by atoms with Gasteiger partial charge in [-0.3, -0.25) is 4.98 Å². The quantitative estimate of drug-likeness (QED) is 0.534. The van der Waals surface area contributed by atoms with Crippen LogP contribution in [-0.4, -0.2) is 54.3 Å². The monoisotopic (exact) mass is 489 g/mol. The first-order valence-electron chi connectivity index (χ1n) is 12.8. The number of aromatic nitrogens is 1. The molecule has 1 aliphatic carbocycles. The Balaban J connectivity index is 1.22. The summed E-state index contributed by atoms with van der Waals surface area (Å²) in [5, 5.41) is 15.9. The number of hydrogen-bond donors (Lipinski definition) is 2. The van der Waals surface area contributed by atoms with Gasteiger partial charge in [-0.2, -0.15) is 0 Å². The molecule has 3 heterocycles. The van der Waals surface area contributed by atoms with Crippen LogP contribution in [0, 0.1) is 5.92 Å². The van der Waals surface area contributed by atoms with Gasteiger partial charge in [-0.25, -0.2) is 0 Å². The van der Waals surface area contributed by atoms with E-state index in [4.69, 9.17) is 14.2 Å². The zero-order valence-corrected chi connectivity index (χ0v) is 20.8. The maximum Gasteiger partial charge on any atom is 0.159 e. The average molecular weight is 490 g/mol. The summed E-state index contributed by atoms with van der Waals surface area (Å²) in [7, 11) is 1.64. The lowest BCUT2D eigenvalue weighted by Gasteiger charge is -2.35. The van der Waals surface area contributed by atoms with E-state index in [1.54, 1.807) is 32.1 Å². The number of benzene rings is 1. The van der Waals surface area contributed by atoms with Crippen molar-refractivity contribution in [3.63, 3.8) is 0 Å². The number of aliphatic hydroxyl groups is 1. The number of β-amino-alcohol motifs (C(OH)–C–C–N with tert-alkyl or cyclic N) is 1. The van der Waals surface area contributed by atoms with Crippen molar-refractivity contribution in [3.05, 3.63) is 84.4 Å². The average Bonchev–Trinajstić information content (AvgIpc) is 2.94. The Labute approximate surface area is 212 Å². The lowest BCUT2D eigenvalue weighted by Crippen LogP contribution is -2.44. The number of pyridine rings is 1. The molecule has 1 aromatic heterocycles. The summed E-state index contributed by atoms with van der Waals surface area (Å²) in [6, 6.07) is 7.87. The van der Waals surface area contributed by atoms with Crippen molar-refractivity contribution in [2.75, 3.05) is 33.3 Å². The molecule has 0 saturated carbocycles. The van der Waals surface area contributed by atoms with Crippen molar-refractivity contribution in [3.8, 4) is 5.75 Å². The molecule has 3 aliphatic rings. The minimum absolute atomic E-state index is 0.000898. The van der Waals surface area contributed by atoms with Gasteiger partial charge < -0.3 is 29.5 Å². The first-order valence-corrected chi connectivity index (χ1v) is 12.8. The second-order valence-corrected chi connectivity index (χ2v) is 9.67. The predicted octanol–water partition coefficient (Wildman–Crippen LogP) is 4.58. The predicted molar refractivity (Wildman–Crippen MR) is 140 cm³/mol. The minimum atomic E-state index is -0.592. The van der Waals surface area contributed by atoms with E-state index in [-0.39, 0.29) is 6.04 Å². The van der Waals surface area contributed by atoms with E-state index in [1.807, 2.05) is 24.3 Å². The van der Waals surface area contributed by atoms with Crippen LogP contribution in [-0.2, 0) is 9.47 Å². The number of likely N-dealkylation sites (tertiary alicyclic amines) is 1. The number of hydrogen-bond acceptors (Lipinski definition) is 7. The van der Waals surface area contributed by atoms with Gasteiger partial charge in [0.05, 0.1) is 31.0 Å². The van der Waals surface area contributed by atoms with Crippen molar-refractivity contribution in [1.29, 1.82) is 0 Å². The van der Waals surface area contributed by atoms with Gasteiger partial charge in [-0.05, 0) is 61.4 Å². The Kier molecular flexibility index (Phi) is 8.01. The van der Waals surface area contributed by atoms with Crippen LogP contribution in [0.3, 0.4) is 0 Å². The highest BCUT2D eigenvalue weighted by atomic mass is 16.5. The first-order chi connectivity index (χ1) is 17.7. The largest absolute Gasteiger partial charge is 0.495 e. The maximum atomic E-state index is 11.2. The molecule has 1 fully saturated rings. The zero-order valence-electron chi connectivity index (χ0n) is 20.8. The molecule has 1 saturated heterocycles. The SMILES string of the molecule is COc1cnc2cccc([C@H](O)CN3CCC[C@H](CNC(C4=CC=CCC4)C4=COC=CO4)C3)c2c1. The van der Waals surface area contributed by atoms with Crippen LogP contribution in [0.2, 0.25) is 0 Å². The highest BCUT2D eigenvalue weighted by molar-refractivity contribution is 5.83. The smallest absolute Gasteiger partial charge is 0.159 e. The van der Waals surface area contributed by atoms with Crippen molar-refractivity contribution >= 4 is 10.9 Å². The molecule has 0 amide bonds. The molecule has 3 atom stereocenters. The summed E-state index contributed by atoms with van der Waals surface area (Å²) < 4.78 is 16.5. The summed E-state index contributed by atoms with van der Waals surface area (Å²) in [5.74, 6) is 1.98. The van der Waals surface area contributed by atoms with Gasteiger partial charge >= 0.3 is 0 Å². The highest BCUT2D eigenvalue weighted by Crippen LogP contribution is 2.29. The van der Waals surface area contributed by atoms with E-state index in [9.17, 15) is 5.11 Å². The summed E-state index contributed by atoms with van der Waals surface area (Å²) >= 11 is 0. The number of nitrogens with one attached hydrogen (secondary N) is 1. The number of methoxy groups -OCH3 is 1. The van der Waals surface area contributed by atoms with Crippen molar-refractivity contribution in [2.45, 2.75) is 37.8 Å². The fourth-order valence-electron chi connectivity index (χ4n) is 5.35. The molecule has 2 aromatic rings. The van der Waals surface area contributed by atoms with Crippen molar-refractivity contribution in [1.82, 2.24) is 15.2 Å². The van der Waals surface area contributed by atoms with Crippen LogP contribution >= 0.6 is 0 Å². The lowest BCUT2D eigenvalue weighted by molar-refractivity contribution is 0.0843. The third-order valence-corrected chi connectivity index (χ3v) is 7.20. The van der Waals surface area contributed by atoms with Crippen LogP contribution in [0.4, 0.5) is 0 Å². The molecule has 0 bridgehead atoms. The summed E-state index contributed by atoms with van der Waals surface area (Å²) in [6.07, 6.45) is 16.8. The van der Waals surface area contributed by atoms with Gasteiger partial charge in [0, 0.05) is 25.0 Å². The van der Waals surface area contributed by atoms with E-state index < -0.39 is 6.10 Å². The molecule has 5 rings (SSSR count). The summed E-state index contributed by atoms with van der Waals surface area (Å²) in [6.45, 7) is 3.40. The molecule has 2 N–H and O–H groups in total. The van der Waals surface area contributed by atoms with Crippen LogP contribution in [0.5, 0.6) is 5.75 Å². The van der Waals surface area contributed by atoms with Crippen molar-refractivity contribution < 1.29 is 19.3 Å². The number of aliphatic hydroxyl groups excluding tert-OH is 1. The molecule has 2 aliphatic heterocycles. The van der Waals surface area contributed by atoms with Gasteiger partial charge in [0.2, 0.25) is 0 Å². The Morgan fingerprint density at radius 1 is 1.31 bits per heavy atom. The lowest BCUT2D eigenvalue weighted by atomic mass is 9.93. The Bertz CT molecular complexity index is 1170. The number of allylic oxidation sites excluding steroid dienone is 3. The second-order valence-electron chi connectivity index (χ2n) is 9.67. The molecule has 1 aromatic carbocycles. The van der Waals surface area contributed by atoms with E-state index >= 15 is 0 Å². The van der Waals surface area contributed by atoms with Crippen molar-refractivity contribution in [2.24, 2.45) is 5.92 Å². The zero-order chi connectivity index (χ0) is 24.7. The van der Waals surface area contributed by atoms with Crippen LogP contribution in [0.25, 0.3) is 10.9 Å². The standard InChI is InChI=1S/C29H35N3O4/c1-34-23-15-25-24(10-5-11-26(25)30-17-23)27(33)19-32-12-6-7-21(18-32)16-31-29(22-8-3-2-4-9-22)28-20-35-13-14-36-28/h2-3,5,8,10-11,13-15,17,20-21,27,29,31,33H,4,6-7,9,12,16,18-19H2,1H3/t21-,27-,29?/m1/s1. The third-order valence-electron chi connectivity index (χ3n) is 7.20. The van der Waals surface area contributed by atoms with Gasteiger partial charge in [0.1, 0.15) is 24.5 Å². The number of rotatable bonds is 9. The molecular weight excluding hydrogens is 454 g/mol. The first kappa shape index (κ1) is 24.6. The Morgan fingerprint density at radius 2 is 2.25 bits per heavy atom. The molecule has 1 unspecified atom stereocenters. The van der Waals surface area contributed by atoms with Gasteiger partial charge in [0.25, 0.3) is 0 Å². The van der Waals surface area contributed by atoms with Crippen LogP contribution in [0.1, 0.15) is 37.4 Å². The van der Waals surface area contributed by atoms with Gasteiger partial charge in [-0.15, -0.1) is 0 Å². The molecular formula is C29H35N3O4. The fourth-order valence-corrected chi connectivity index (χ4v) is 5.35. The van der Waals surface area contributed by atoms with Crippen LogP contribution in [0.15, 0.2) is 78.8 Å². The van der Waals surface area contributed by atoms with E-state index in [0.717, 1.165) is 67.5 Å². The Hall–Kier alpha value is -3.13. The molecule has 36 heavy (non-hydrogen) atoms. The molecule has 7 heteroatoms. The van der Waals surface area contributed by atoms with E-state index in [1.165, 1.54) is 5.57 Å². The number of piperidine rings is 1. The topological polar surface area (TPSA) is 76.1 Å². The minimum Gasteiger partial charge on any atom is -0.495 e. The third kappa shape index (κ3) is 5.81. The summed E-state index contributed by atoms with van der Waals surface area (Å²) in [4.78, 5) is 6.86. The van der Waals surface area contributed by atoms with Crippen LogP contribution < -0.4 is 10.1 Å². The molecule has 0 spiro atoms. The number of ether oxygens (including phenoxy) is 3. The summed E-state index contributed by atoms with van der Waals surface area (Å²) in [5.41, 5.74) is 3.07. The second kappa shape index (κ2) is 11.7. The molecule has 7 nitrogen and oxygen atoms in total. The number of nitrogens with zero attached hydrogens (tertiary/aromatic N) is 2. The maximum absolute atomic E-state index is 11.2. The molecule has 0 radical (unpaired) electrons. The fraction of sp³-hybridized carbons (Fsp3) is 0.414. The normalized spacial score (nSPS) is 21.8. The highest BCUT2D eigenvalue weighted by Gasteiger charge is 2.27. The van der Waals surface area contributed by atoms with Gasteiger partial charge in [0.15, 0.2) is 5.76 Å². The molecule has 190 valence electrons. The Morgan fingerprint density at radius 3 is 3.06 bits per heavy atom. The van der Waals surface area contributed by atoms with E-state index in [2.05, 4.69) is 33.4 Å².